The monoisotopic (exact) mass is 657 g/mol. The number of amides is 2. The first-order valence-electron chi connectivity index (χ1n) is 13.2. The number of quaternary nitrogens is 1. The summed E-state index contributed by atoms with van der Waals surface area (Å²) in [6.07, 6.45) is 2.54. The van der Waals surface area contributed by atoms with Gasteiger partial charge in [0.2, 0.25) is 5.91 Å². The lowest BCUT2D eigenvalue weighted by Gasteiger charge is -2.36. The van der Waals surface area contributed by atoms with Crippen molar-refractivity contribution in [3.05, 3.63) is 77.9 Å². The van der Waals surface area contributed by atoms with Gasteiger partial charge in [-0.15, -0.1) is 0 Å². The Morgan fingerprint density at radius 1 is 0.975 bits per heavy atom. The maximum Gasteiger partial charge on any atom is 0.411 e. The number of halogens is 1. The Hall–Kier alpha value is -3.44. The van der Waals surface area contributed by atoms with Crippen LogP contribution in [0.15, 0.2) is 66.7 Å². The first-order valence-corrected chi connectivity index (χ1v) is 13.2. The van der Waals surface area contributed by atoms with Crippen LogP contribution in [-0.4, -0.2) is 63.2 Å². The van der Waals surface area contributed by atoms with Crippen LogP contribution in [0.5, 0.6) is 5.75 Å². The average Bonchev–Trinajstić information content (AvgIpc) is 2.93. The third-order valence-electron chi connectivity index (χ3n) is 7.08. The first-order chi connectivity index (χ1) is 18.8. The van der Waals surface area contributed by atoms with Crippen molar-refractivity contribution in [2.75, 3.05) is 44.9 Å². The summed E-state index contributed by atoms with van der Waals surface area (Å²) in [6, 6.07) is 20.6. The smallest absolute Gasteiger partial charge is 0.411 e. The zero-order valence-corrected chi connectivity index (χ0v) is 25.3. The maximum absolute atomic E-state index is 12.9. The number of hydrogen-bond donors (Lipinski definition) is 2. The number of piperidine rings is 1. The summed E-state index contributed by atoms with van der Waals surface area (Å²) in [5.41, 5.74) is 4.37. The van der Waals surface area contributed by atoms with Gasteiger partial charge >= 0.3 is 6.09 Å². The highest BCUT2D eigenvalue weighted by Crippen LogP contribution is 2.30. The number of aldehydes is 1. The summed E-state index contributed by atoms with van der Waals surface area (Å²) >= 11 is 0. The molecule has 0 radical (unpaired) electrons. The fourth-order valence-corrected chi connectivity index (χ4v) is 4.74. The van der Waals surface area contributed by atoms with E-state index in [9.17, 15) is 14.4 Å². The Morgan fingerprint density at radius 2 is 1.70 bits per heavy atom. The molecule has 0 aromatic heterocycles. The van der Waals surface area contributed by atoms with E-state index in [0.717, 1.165) is 47.1 Å². The van der Waals surface area contributed by atoms with E-state index in [2.05, 4.69) is 24.7 Å². The standard InChI is InChI=1S/C31H35N3O5.HI/c1-34(2)17-15-26(16-18-34)39-31(37)33-28-19-22(9-13-27(28)23-7-5-4-6-8-23)10-14-30(36)32-25-12-11-24(21-35)29(20-25)38-3;/h4-9,11-13,19-21,26H,10,14-18H2,1-3H3,(H-,32,33,35,36,37);1H. The quantitative estimate of drug-likeness (QED) is 0.210. The van der Waals surface area contributed by atoms with Gasteiger partial charge in [0.15, 0.2) is 6.29 Å². The number of likely N-dealkylation sites (tertiary alicyclic amines) is 1. The van der Waals surface area contributed by atoms with Crippen LogP contribution in [0.2, 0.25) is 0 Å². The number of nitrogens with zero attached hydrogens (tertiary/aromatic N) is 1. The number of rotatable bonds is 9. The average molecular weight is 658 g/mol. The molecule has 2 N–H and O–H groups in total. The van der Waals surface area contributed by atoms with Crippen LogP contribution in [0.25, 0.3) is 11.1 Å². The van der Waals surface area contributed by atoms with Crippen molar-refractivity contribution < 1.29 is 52.3 Å². The lowest BCUT2D eigenvalue weighted by atomic mass is 9.99. The van der Waals surface area contributed by atoms with Crippen LogP contribution in [0, 0.1) is 0 Å². The molecule has 8 nitrogen and oxygen atoms in total. The van der Waals surface area contributed by atoms with Crippen molar-refractivity contribution in [1.82, 2.24) is 0 Å². The molecular formula is C31H36IN3O5. The van der Waals surface area contributed by atoms with Gasteiger partial charge in [-0.2, -0.15) is 0 Å². The third kappa shape index (κ3) is 8.53. The van der Waals surface area contributed by atoms with Gasteiger partial charge in [-0.25, -0.2) is 4.79 Å². The van der Waals surface area contributed by atoms with Crippen molar-refractivity contribution in [3.63, 3.8) is 0 Å². The molecule has 3 aromatic rings. The SMILES string of the molecule is COc1cc(NC(=O)CCc2ccc(-c3ccccc3)c(NC(=O)OC3CC[N+](C)(C)CC3)c2)ccc1C=O.[I-]. The van der Waals surface area contributed by atoms with Crippen molar-refractivity contribution >= 4 is 29.7 Å². The molecule has 0 unspecified atom stereocenters. The lowest BCUT2D eigenvalue weighted by molar-refractivity contribution is -0.896. The number of ether oxygens (including phenoxy) is 2. The van der Waals surface area contributed by atoms with Gasteiger partial charge in [0.1, 0.15) is 11.9 Å². The molecule has 40 heavy (non-hydrogen) atoms. The molecule has 212 valence electrons. The van der Waals surface area contributed by atoms with Crippen LogP contribution in [0.4, 0.5) is 16.2 Å². The summed E-state index contributed by atoms with van der Waals surface area (Å²) in [6.45, 7) is 1.94. The molecule has 4 rings (SSSR count). The van der Waals surface area contributed by atoms with E-state index in [4.69, 9.17) is 9.47 Å². The Kier molecular flexibility index (Phi) is 11.1. The van der Waals surface area contributed by atoms with Crippen LogP contribution in [0.3, 0.4) is 0 Å². The number of nitrogens with one attached hydrogen (secondary N) is 2. The molecular weight excluding hydrogens is 621 g/mol. The van der Waals surface area contributed by atoms with Crippen molar-refractivity contribution in [2.24, 2.45) is 0 Å². The third-order valence-corrected chi connectivity index (χ3v) is 7.08. The highest BCUT2D eigenvalue weighted by Gasteiger charge is 2.28. The fraction of sp³-hybridized carbons (Fsp3) is 0.323. The normalized spacial score (nSPS) is 14.4. The molecule has 2 amide bonds. The van der Waals surface area contributed by atoms with Gasteiger partial charge in [-0.1, -0.05) is 42.5 Å². The Balaban J connectivity index is 0.00000441. The molecule has 0 saturated carbocycles. The van der Waals surface area contributed by atoms with Gasteiger partial charge in [-0.3, -0.25) is 14.9 Å². The molecule has 3 aromatic carbocycles. The fourth-order valence-electron chi connectivity index (χ4n) is 4.74. The molecule has 1 aliphatic rings. The minimum Gasteiger partial charge on any atom is -1.00 e. The highest BCUT2D eigenvalue weighted by atomic mass is 127. The minimum atomic E-state index is -0.466. The summed E-state index contributed by atoms with van der Waals surface area (Å²) in [5, 5.41) is 5.81. The Bertz CT molecular complexity index is 1320. The van der Waals surface area contributed by atoms with Gasteiger partial charge in [0.25, 0.3) is 0 Å². The predicted molar refractivity (Wildman–Crippen MR) is 152 cm³/mol. The first kappa shape index (κ1) is 31.1. The van der Waals surface area contributed by atoms with E-state index in [-0.39, 0.29) is 42.4 Å². The van der Waals surface area contributed by atoms with Crippen molar-refractivity contribution in [3.8, 4) is 16.9 Å². The van der Waals surface area contributed by atoms with Crippen LogP contribution < -0.4 is 39.3 Å². The molecule has 0 bridgehead atoms. The van der Waals surface area contributed by atoms with Gasteiger partial charge in [0.05, 0.1) is 45.5 Å². The molecule has 1 heterocycles. The summed E-state index contributed by atoms with van der Waals surface area (Å²) < 4.78 is 11.9. The van der Waals surface area contributed by atoms with E-state index in [1.807, 2.05) is 48.5 Å². The van der Waals surface area contributed by atoms with E-state index in [1.54, 1.807) is 18.2 Å². The molecule has 1 aliphatic heterocycles. The Morgan fingerprint density at radius 3 is 2.38 bits per heavy atom. The van der Waals surface area contributed by atoms with E-state index in [1.165, 1.54) is 7.11 Å². The maximum atomic E-state index is 12.9. The molecule has 0 spiro atoms. The summed E-state index contributed by atoms with van der Waals surface area (Å²) in [7, 11) is 5.85. The molecule has 0 aliphatic carbocycles. The van der Waals surface area contributed by atoms with Crippen molar-refractivity contribution in [1.29, 1.82) is 0 Å². The molecule has 1 fully saturated rings. The van der Waals surface area contributed by atoms with E-state index in [0.29, 0.717) is 35.4 Å². The highest BCUT2D eigenvalue weighted by molar-refractivity contribution is 5.93. The molecule has 1 saturated heterocycles. The van der Waals surface area contributed by atoms with Gasteiger partial charge in [0, 0.05) is 36.6 Å². The predicted octanol–water partition coefficient (Wildman–Crippen LogP) is 2.54. The topological polar surface area (TPSA) is 93.7 Å². The van der Waals surface area contributed by atoms with Gasteiger partial charge in [-0.05, 0) is 35.7 Å². The van der Waals surface area contributed by atoms with E-state index >= 15 is 0 Å². The number of carbonyl (C=O) groups is 3. The van der Waals surface area contributed by atoms with Gasteiger partial charge < -0.3 is 43.3 Å². The second-order valence-electron chi connectivity index (χ2n) is 10.5. The zero-order chi connectivity index (χ0) is 27.8. The van der Waals surface area contributed by atoms with Crippen molar-refractivity contribution in [2.45, 2.75) is 31.8 Å². The summed E-state index contributed by atoms with van der Waals surface area (Å²) in [4.78, 5) is 36.6. The zero-order valence-electron chi connectivity index (χ0n) is 23.1. The number of hydrogen-bond acceptors (Lipinski definition) is 5. The molecule has 9 heteroatoms. The number of benzene rings is 3. The summed E-state index contributed by atoms with van der Waals surface area (Å²) in [5.74, 6) is 0.230. The number of carbonyl (C=O) groups excluding carboxylic acids is 3. The number of anilines is 2. The van der Waals surface area contributed by atoms with Crippen LogP contribution in [-0.2, 0) is 16.0 Å². The number of aryl methyl sites for hydroxylation is 1. The largest absolute Gasteiger partial charge is 1.00 e. The Labute approximate surface area is 252 Å². The van der Waals surface area contributed by atoms with Crippen LogP contribution in [0.1, 0.15) is 35.2 Å². The van der Waals surface area contributed by atoms with Crippen LogP contribution >= 0.6 is 0 Å². The number of methoxy groups -OCH3 is 1. The molecule has 0 atom stereocenters. The lowest BCUT2D eigenvalue weighted by Crippen LogP contribution is -3.00. The van der Waals surface area contributed by atoms with E-state index < -0.39 is 6.09 Å². The second-order valence-corrected chi connectivity index (χ2v) is 10.5. The second kappa shape index (κ2) is 14.3. The minimum absolute atomic E-state index is 0.